The number of carbonyl (C=O) groups is 1. The maximum atomic E-state index is 12.8. The van der Waals surface area contributed by atoms with Crippen LogP contribution >= 0.6 is 0 Å². The van der Waals surface area contributed by atoms with E-state index in [9.17, 15) is 4.79 Å². The van der Waals surface area contributed by atoms with Crippen LogP contribution in [0.15, 0.2) is 30.6 Å². The van der Waals surface area contributed by atoms with Crippen molar-refractivity contribution >= 4 is 5.91 Å². The van der Waals surface area contributed by atoms with Crippen LogP contribution in [0.3, 0.4) is 0 Å². The average molecular weight is 345 g/mol. The lowest BCUT2D eigenvalue weighted by Gasteiger charge is -2.20. The number of fused-ring (bicyclic) bond motifs is 1. The summed E-state index contributed by atoms with van der Waals surface area (Å²) in [7, 11) is 0. The molecular formula is C17H19N3O5. The Bertz CT molecular complexity index is 734. The van der Waals surface area contributed by atoms with E-state index in [2.05, 4.69) is 15.5 Å². The summed E-state index contributed by atoms with van der Waals surface area (Å²) in [6.07, 6.45) is 3.74. The molecule has 0 unspecified atom stereocenters. The minimum Gasteiger partial charge on any atom is -0.490 e. The fourth-order valence-electron chi connectivity index (χ4n) is 2.88. The number of H-pyrrole nitrogens is 1. The molecule has 0 radical (unpaired) electrons. The number of para-hydroxylation sites is 1. The second-order valence-electron chi connectivity index (χ2n) is 5.89. The number of aromatic amines is 1. The maximum Gasteiger partial charge on any atom is 0.255 e. The summed E-state index contributed by atoms with van der Waals surface area (Å²) in [5, 5.41) is 9.51. The van der Waals surface area contributed by atoms with Crippen LogP contribution in [0.2, 0.25) is 0 Å². The Labute approximate surface area is 144 Å². The van der Waals surface area contributed by atoms with Crippen molar-refractivity contribution in [3.05, 3.63) is 36.2 Å². The topological polar surface area (TPSA) is 94.7 Å². The molecule has 2 atom stereocenters. The molecular weight excluding hydrogens is 326 g/mol. The summed E-state index contributed by atoms with van der Waals surface area (Å²) in [6, 6.07) is 5.06. The van der Waals surface area contributed by atoms with Crippen molar-refractivity contribution in [3.8, 4) is 17.2 Å². The number of ether oxygens (including phenoxy) is 4. The summed E-state index contributed by atoms with van der Waals surface area (Å²) in [4.78, 5) is 12.8. The molecule has 2 aliphatic heterocycles. The number of aromatic nitrogens is 2. The molecule has 1 aromatic heterocycles. The van der Waals surface area contributed by atoms with E-state index in [1.807, 2.05) is 0 Å². The zero-order chi connectivity index (χ0) is 17.1. The Morgan fingerprint density at radius 2 is 2.20 bits per heavy atom. The highest BCUT2D eigenvalue weighted by molar-refractivity contribution is 5.98. The molecule has 3 heterocycles. The predicted octanol–water partition coefficient (Wildman–Crippen LogP) is 1.15. The largest absolute Gasteiger partial charge is 0.490 e. The highest BCUT2D eigenvalue weighted by Crippen LogP contribution is 2.33. The van der Waals surface area contributed by atoms with Gasteiger partial charge in [0.1, 0.15) is 6.10 Å². The van der Waals surface area contributed by atoms with Crippen LogP contribution in [0, 0.1) is 0 Å². The Kier molecular flexibility index (Phi) is 4.43. The molecule has 4 rings (SSSR count). The fourth-order valence-corrected chi connectivity index (χ4v) is 2.88. The maximum absolute atomic E-state index is 12.8. The number of benzene rings is 1. The molecule has 132 valence electrons. The zero-order valence-corrected chi connectivity index (χ0v) is 13.6. The van der Waals surface area contributed by atoms with Crippen LogP contribution < -0.4 is 19.5 Å². The third-order valence-electron chi connectivity index (χ3n) is 4.12. The van der Waals surface area contributed by atoms with Crippen LogP contribution in [0.4, 0.5) is 0 Å². The van der Waals surface area contributed by atoms with E-state index in [0.29, 0.717) is 49.2 Å². The minimum atomic E-state index is -0.277. The fraction of sp³-hybridized carbons (Fsp3) is 0.412. The van der Waals surface area contributed by atoms with Crippen molar-refractivity contribution in [1.82, 2.24) is 15.5 Å². The average Bonchev–Trinajstić information content (AvgIpc) is 3.22. The zero-order valence-electron chi connectivity index (χ0n) is 13.6. The SMILES string of the molecule is O=C(N[C@H]1COC[C@H]1Oc1cn[nH]c1)c1cccc2c1OCCCO2. The van der Waals surface area contributed by atoms with Crippen LogP contribution in [-0.4, -0.2) is 54.7 Å². The number of hydrogen-bond donors (Lipinski definition) is 2. The molecule has 8 nitrogen and oxygen atoms in total. The Morgan fingerprint density at radius 3 is 3.08 bits per heavy atom. The van der Waals surface area contributed by atoms with Crippen molar-refractivity contribution < 1.29 is 23.7 Å². The summed E-state index contributed by atoms with van der Waals surface area (Å²) in [5.74, 6) is 1.46. The van der Waals surface area contributed by atoms with Gasteiger partial charge in [0.25, 0.3) is 5.91 Å². The molecule has 2 N–H and O–H groups in total. The van der Waals surface area contributed by atoms with Gasteiger partial charge < -0.3 is 24.3 Å². The number of carbonyl (C=O) groups excluding carboxylic acids is 1. The third-order valence-corrected chi connectivity index (χ3v) is 4.12. The van der Waals surface area contributed by atoms with E-state index in [1.54, 1.807) is 30.6 Å². The lowest BCUT2D eigenvalue weighted by Crippen LogP contribution is -2.45. The van der Waals surface area contributed by atoms with Gasteiger partial charge in [0.05, 0.1) is 50.4 Å². The van der Waals surface area contributed by atoms with Crippen molar-refractivity contribution in [2.24, 2.45) is 0 Å². The molecule has 0 aliphatic carbocycles. The normalized spacial score (nSPS) is 22.2. The van der Waals surface area contributed by atoms with Gasteiger partial charge in [0, 0.05) is 6.42 Å². The van der Waals surface area contributed by atoms with Crippen LogP contribution in [-0.2, 0) is 4.74 Å². The minimum absolute atomic E-state index is 0.237. The van der Waals surface area contributed by atoms with Crippen molar-refractivity contribution in [1.29, 1.82) is 0 Å². The molecule has 0 bridgehead atoms. The number of nitrogens with zero attached hydrogens (tertiary/aromatic N) is 1. The Morgan fingerprint density at radius 1 is 1.28 bits per heavy atom. The van der Waals surface area contributed by atoms with Crippen molar-refractivity contribution in [3.63, 3.8) is 0 Å². The van der Waals surface area contributed by atoms with Gasteiger partial charge in [-0.15, -0.1) is 0 Å². The standard InChI is InChI=1S/C17H19N3O5/c21-17(12-3-1-4-14-16(12)24-6-2-5-23-14)20-13-9-22-10-15(13)25-11-7-18-19-8-11/h1,3-4,7-8,13,15H,2,5-6,9-10H2,(H,18,19)(H,20,21)/t13-,15+/m0/s1. The molecule has 0 saturated carbocycles. The number of amides is 1. The Balaban J connectivity index is 1.48. The van der Waals surface area contributed by atoms with Gasteiger partial charge in [0.15, 0.2) is 17.2 Å². The first-order chi connectivity index (χ1) is 12.3. The van der Waals surface area contributed by atoms with Gasteiger partial charge in [-0.1, -0.05) is 6.07 Å². The molecule has 25 heavy (non-hydrogen) atoms. The quantitative estimate of drug-likeness (QED) is 0.863. The van der Waals surface area contributed by atoms with Gasteiger partial charge in [-0.3, -0.25) is 9.89 Å². The second-order valence-corrected chi connectivity index (χ2v) is 5.89. The third kappa shape index (κ3) is 3.39. The molecule has 1 saturated heterocycles. The van der Waals surface area contributed by atoms with Gasteiger partial charge >= 0.3 is 0 Å². The first-order valence-corrected chi connectivity index (χ1v) is 8.24. The van der Waals surface area contributed by atoms with Gasteiger partial charge in [-0.25, -0.2) is 0 Å². The smallest absolute Gasteiger partial charge is 0.255 e. The summed E-state index contributed by atoms with van der Waals surface area (Å²) >= 11 is 0. The monoisotopic (exact) mass is 345 g/mol. The molecule has 1 aromatic carbocycles. The molecule has 2 aliphatic rings. The van der Waals surface area contributed by atoms with Gasteiger partial charge in [-0.05, 0) is 12.1 Å². The van der Waals surface area contributed by atoms with E-state index in [-0.39, 0.29) is 18.1 Å². The highest BCUT2D eigenvalue weighted by Gasteiger charge is 2.33. The molecule has 1 fully saturated rings. The second kappa shape index (κ2) is 7.02. The molecule has 1 amide bonds. The first-order valence-electron chi connectivity index (χ1n) is 8.24. The Hall–Kier alpha value is -2.74. The van der Waals surface area contributed by atoms with E-state index in [4.69, 9.17) is 18.9 Å². The lowest BCUT2D eigenvalue weighted by molar-refractivity contribution is 0.0900. The van der Waals surface area contributed by atoms with E-state index < -0.39 is 0 Å². The van der Waals surface area contributed by atoms with Crippen LogP contribution in [0.5, 0.6) is 17.2 Å². The van der Waals surface area contributed by atoms with Crippen LogP contribution in [0.25, 0.3) is 0 Å². The number of rotatable bonds is 4. The van der Waals surface area contributed by atoms with Crippen LogP contribution in [0.1, 0.15) is 16.8 Å². The van der Waals surface area contributed by atoms with Gasteiger partial charge in [0.2, 0.25) is 0 Å². The first kappa shape index (κ1) is 15.8. The number of hydrogen-bond acceptors (Lipinski definition) is 6. The van der Waals surface area contributed by atoms with E-state index >= 15 is 0 Å². The summed E-state index contributed by atoms with van der Waals surface area (Å²) < 4.78 is 22.6. The van der Waals surface area contributed by atoms with Gasteiger partial charge in [-0.2, -0.15) is 5.10 Å². The predicted molar refractivity (Wildman–Crippen MR) is 87.1 cm³/mol. The van der Waals surface area contributed by atoms with Crippen molar-refractivity contribution in [2.45, 2.75) is 18.6 Å². The van der Waals surface area contributed by atoms with Crippen molar-refractivity contribution in [2.75, 3.05) is 26.4 Å². The molecule has 0 spiro atoms. The molecule has 8 heteroatoms. The highest BCUT2D eigenvalue weighted by atomic mass is 16.6. The van der Waals surface area contributed by atoms with E-state index in [1.165, 1.54) is 0 Å². The summed E-state index contributed by atoms with van der Waals surface area (Å²) in [6.45, 7) is 1.90. The number of nitrogens with one attached hydrogen (secondary N) is 2. The lowest BCUT2D eigenvalue weighted by atomic mass is 10.1. The molecule has 2 aromatic rings. The van der Waals surface area contributed by atoms with E-state index in [0.717, 1.165) is 6.42 Å². The summed E-state index contributed by atoms with van der Waals surface area (Å²) in [5.41, 5.74) is 0.452.